The number of hydrogen-bond acceptors (Lipinski definition) is 3. The molecule has 2 bridgehead atoms. The second-order valence-electron chi connectivity index (χ2n) is 7.08. The van der Waals surface area contributed by atoms with E-state index in [0.717, 1.165) is 30.9 Å². The second kappa shape index (κ2) is 3.96. The minimum absolute atomic E-state index is 0.0491. The standard InChI is InChI=1S/C19H21NO2/c1-11-4-6-13-14-10-12-5-7-15(21-3)17-16(12)19(13,18(11)22-17)8-9-20(14)2/h4-7,14,18H,8-10H2,1-3H3/t14-,18+,19+/m1/s1. The Bertz CT molecular complexity index is 748. The van der Waals surface area contributed by atoms with E-state index in [2.05, 4.69) is 43.2 Å². The zero-order valence-electron chi connectivity index (χ0n) is 13.3. The van der Waals surface area contributed by atoms with E-state index in [0.29, 0.717) is 6.04 Å². The van der Waals surface area contributed by atoms with E-state index >= 15 is 0 Å². The lowest BCUT2D eigenvalue weighted by Crippen LogP contribution is -2.58. The zero-order valence-corrected chi connectivity index (χ0v) is 13.3. The molecule has 0 unspecified atom stereocenters. The Morgan fingerprint density at radius 3 is 3.00 bits per heavy atom. The van der Waals surface area contributed by atoms with E-state index < -0.39 is 0 Å². The van der Waals surface area contributed by atoms with Crippen molar-refractivity contribution in [3.8, 4) is 11.5 Å². The van der Waals surface area contributed by atoms with Crippen LogP contribution >= 0.6 is 0 Å². The first-order chi connectivity index (χ1) is 10.7. The highest BCUT2D eigenvalue weighted by molar-refractivity contribution is 5.67. The van der Waals surface area contributed by atoms with Gasteiger partial charge in [0.15, 0.2) is 11.5 Å². The molecule has 1 fully saturated rings. The van der Waals surface area contributed by atoms with Crippen LogP contribution < -0.4 is 9.47 Å². The van der Waals surface area contributed by atoms with Crippen LogP contribution in [-0.4, -0.2) is 37.7 Å². The predicted octanol–water partition coefficient (Wildman–Crippen LogP) is 2.84. The Kier molecular flexibility index (Phi) is 2.30. The van der Waals surface area contributed by atoms with Crippen LogP contribution in [-0.2, 0) is 11.8 Å². The molecular formula is C19H21NO2. The number of methoxy groups -OCH3 is 1. The van der Waals surface area contributed by atoms with Crippen LogP contribution in [0.15, 0.2) is 35.4 Å². The van der Waals surface area contributed by atoms with Crippen molar-refractivity contribution in [1.82, 2.24) is 4.90 Å². The lowest BCUT2D eigenvalue weighted by Gasteiger charge is -2.53. The Morgan fingerprint density at radius 2 is 2.18 bits per heavy atom. The van der Waals surface area contributed by atoms with E-state index in [1.807, 2.05) is 0 Å². The number of piperidine rings is 1. The van der Waals surface area contributed by atoms with Gasteiger partial charge >= 0.3 is 0 Å². The summed E-state index contributed by atoms with van der Waals surface area (Å²) in [5.74, 6) is 1.88. The second-order valence-corrected chi connectivity index (χ2v) is 7.08. The van der Waals surface area contributed by atoms with Crippen LogP contribution in [0.3, 0.4) is 0 Å². The highest BCUT2D eigenvalue weighted by atomic mass is 16.5. The molecular weight excluding hydrogens is 274 g/mol. The Balaban J connectivity index is 1.86. The first-order valence-electron chi connectivity index (χ1n) is 8.13. The third-order valence-electron chi connectivity index (χ3n) is 6.17. The van der Waals surface area contributed by atoms with Crippen molar-refractivity contribution < 1.29 is 9.47 Å². The Labute approximate surface area is 131 Å². The van der Waals surface area contributed by atoms with Crippen LogP contribution in [0.2, 0.25) is 0 Å². The molecule has 3 atom stereocenters. The molecule has 0 N–H and O–H groups in total. The third-order valence-corrected chi connectivity index (χ3v) is 6.17. The molecule has 22 heavy (non-hydrogen) atoms. The quantitative estimate of drug-likeness (QED) is 0.795. The van der Waals surface area contributed by atoms with Crippen molar-refractivity contribution >= 4 is 0 Å². The minimum atomic E-state index is 0.0491. The average molecular weight is 295 g/mol. The van der Waals surface area contributed by atoms with Crippen LogP contribution in [0.1, 0.15) is 24.5 Å². The van der Waals surface area contributed by atoms with Crippen molar-refractivity contribution in [2.45, 2.75) is 37.3 Å². The summed E-state index contributed by atoms with van der Waals surface area (Å²) >= 11 is 0. The summed E-state index contributed by atoms with van der Waals surface area (Å²) in [5.41, 5.74) is 5.80. The van der Waals surface area contributed by atoms with Gasteiger partial charge in [-0.2, -0.15) is 0 Å². The van der Waals surface area contributed by atoms with Crippen LogP contribution in [0.5, 0.6) is 11.5 Å². The molecule has 3 nitrogen and oxygen atoms in total. The first kappa shape index (κ1) is 12.8. The van der Waals surface area contributed by atoms with Gasteiger partial charge in [-0.05, 0) is 56.1 Å². The maximum Gasteiger partial charge on any atom is 0.166 e. The topological polar surface area (TPSA) is 21.7 Å². The van der Waals surface area contributed by atoms with Crippen LogP contribution in [0, 0.1) is 0 Å². The Morgan fingerprint density at radius 1 is 1.32 bits per heavy atom. The largest absolute Gasteiger partial charge is 0.493 e. The monoisotopic (exact) mass is 295 g/mol. The zero-order chi connectivity index (χ0) is 15.1. The SMILES string of the molecule is COc1ccc2c3c1O[C@H]1C(C)=CC=C4[C@@H](C2)N(C)CC[C@]431. The summed E-state index contributed by atoms with van der Waals surface area (Å²) in [6.45, 7) is 3.33. The lowest BCUT2D eigenvalue weighted by molar-refractivity contribution is 0.111. The van der Waals surface area contributed by atoms with Crippen molar-refractivity contribution in [2.75, 3.05) is 20.7 Å². The molecule has 1 aromatic carbocycles. The molecule has 4 aliphatic rings. The molecule has 114 valence electrons. The highest BCUT2D eigenvalue weighted by Gasteiger charge is 2.60. The smallest absolute Gasteiger partial charge is 0.166 e. The lowest BCUT2D eigenvalue weighted by atomic mass is 9.56. The van der Waals surface area contributed by atoms with Gasteiger partial charge in [0.25, 0.3) is 0 Å². The van der Waals surface area contributed by atoms with Gasteiger partial charge in [-0.15, -0.1) is 0 Å². The predicted molar refractivity (Wildman–Crippen MR) is 85.7 cm³/mol. The molecule has 1 spiro atoms. The summed E-state index contributed by atoms with van der Waals surface area (Å²) in [6, 6.07) is 4.84. The molecule has 2 heterocycles. The number of allylic oxidation sites excluding steroid dienone is 2. The van der Waals surface area contributed by atoms with Crippen LogP contribution in [0.4, 0.5) is 0 Å². The maximum atomic E-state index is 6.50. The van der Waals surface area contributed by atoms with Crippen molar-refractivity contribution in [3.63, 3.8) is 0 Å². The number of likely N-dealkylation sites (N-methyl/N-ethyl adjacent to an activating group) is 1. The van der Waals surface area contributed by atoms with Crippen molar-refractivity contribution in [1.29, 1.82) is 0 Å². The Hall–Kier alpha value is -1.74. The summed E-state index contributed by atoms with van der Waals surface area (Å²) in [5, 5.41) is 0. The number of hydrogen-bond donors (Lipinski definition) is 0. The molecule has 1 saturated heterocycles. The average Bonchev–Trinajstić information content (AvgIpc) is 2.88. The molecule has 2 aliphatic carbocycles. The van der Waals surface area contributed by atoms with Gasteiger partial charge in [-0.3, -0.25) is 4.90 Å². The third kappa shape index (κ3) is 1.24. The number of nitrogens with zero attached hydrogens (tertiary/aromatic N) is 1. The number of likely N-dealkylation sites (tertiary alicyclic amines) is 1. The van der Waals surface area contributed by atoms with Gasteiger partial charge in [0.05, 0.1) is 12.5 Å². The molecule has 0 aromatic heterocycles. The number of benzene rings is 1. The van der Waals surface area contributed by atoms with E-state index in [4.69, 9.17) is 9.47 Å². The molecule has 1 aromatic rings. The fourth-order valence-electron chi connectivity index (χ4n) is 5.15. The molecule has 0 saturated carbocycles. The first-order valence-corrected chi connectivity index (χ1v) is 8.13. The molecule has 0 radical (unpaired) electrons. The van der Waals surface area contributed by atoms with Crippen molar-refractivity contribution in [2.24, 2.45) is 0 Å². The van der Waals surface area contributed by atoms with Crippen LogP contribution in [0.25, 0.3) is 0 Å². The van der Waals surface area contributed by atoms with Crippen molar-refractivity contribution in [3.05, 3.63) is 46.6 Å². The number of rotatable bonds is 1. The summed E-state index contributed by atoms with van der Waals surface area (Å²) in [4.78, 5) is 2.51. The van der Waals surface area contributed by atoms with E-state index in [1.165, 1.54) is 16.7 Å². The number of ether oxygens (including phenoxy) is 2. The summed E-state index contributed by atoms with van der Waals surface area (Å²) in [6.07, 6.45) is 6.99. The minimum Gasteiger partial charge on any atom is -0.493 e. The molecule has 5 rings (SSSR count). The summed E-state index contributed by atoms with van der Waals surface area (Å²) in [7, 11) is 3.99. The van der Waals surface area contributed by atoms with Gasteiger partial charge in [0.1, 0.15) is 6.10 Å². The van der Waals surface area contributed by atoms with Gasteiger partial charge < -0.3 is 9.47 Å². The van der Waals surface area contributed by atoms with E-state index in [1.54, 1.807) is 12.7 Å². The van der Waals surface area contributed by atoms with Gasteiger partial charge in [-0.25, -0.2) is 0 Å². The normalized spacial score (nSPS) is 34.5. The fourth-order valence-corrected chi connectivity index (χ4v) is 5.15. The van der Waals surface area contributed by atoms with Gasteiger partial charge in [0.2, 0.25) is 0 Å². The highest BCUT2D eigenvalue weighted by Crippen LogP contribution is 2.62. The van der Waals surface area contributed by atoms with E-state index in [9.17, 15) is 0 Å². The summed E-state index contributed by atoms with van der Waals surface area (Å²) < 4.78 is 12.1. The molecule has 2 aliphatic heterocycles. The van der Waals surface area contributed by atoms with Gasteiger partial charge in [-0.1, -0.05) is 18.2 Å². The molecule has 0 amide bonds. The van der Waals surface area contributed by atoms with Gasteiger partial charge in [0, 0.05) is 11.6 Å². The fraction of sp³-hybridized carbons (Fsp3) is 0.474. The maximum absolute atomic E-state index is 6.50. The molecule has 3 heteroatoms. The van der Waals surface area contributed by atoms with E-state index in [-0.39, 0.29) is 11.5 Å².